The van der Waals surface area contributed by atoms with Gasteiger partial charge in [0, 0.05) is 12.7 Å². The van der Waals surface area contributed by atoms with E-state index in [2.05, 4.69) is 20.6 Å². The van der Waals surface area contributed by atoms with Crippen LogP contribution in [0.15, 0.2) is 66.9 Å². The topological polar surface area (TPSA) is 66.9 Å². The van der Waals surface area contributed by atoms with E-state index in [0.717, 1.165) is 11.6 Å². The average molecular weight is 372 g/mol. The Balaban J connectivity index is 1.73. The van der Waals surface area contributed by atoms with Gasteiger partial charge < -0.3 is 10.6 Å². The van der Waals surface area contributed by atoms with Crippen molar-refractivity contribution in [2.45, 2.75) is 12.7 Å². The lowest BCUT2D eigenvalue weighted by atomic mass is 10.1. The number of halogens is 3. The molecule has 0 fully saturated rings. The maximum Gasteiger partial charge on any atom is 0.418 e. The molecule has 27 heavy (non-hydrogen) atoms. The Labute approximate surface area is 153 Å². The summed E-state index contributed by atoms with van der Waals surface area (Å²) in [6.45, 7) is 0.447. The van der Waals surface area contributed by atoms with E-state index < -0.39 is 17.6 Å². The van der Waals surface area contributed by atoms with E-state index in [9.17, 15) is 18.0 Å². The summed E-state index contributed by atoms with van der Waals surface area (Å²) in [5.41, 5.74) is -0.296. The highest BCUT2D eigenvalue weighted by atomic mass is 19.4. The van der Waals surface area contributed by atoms with E-state index in [1.807, 2.05) is 30.3 Å². The zero-order chi connectivity index (χ0) is 19.3. The van der Waals surface area contributed by atoms with E-state index in [-0.39, 0.29) is 17.3 Å². The van der Waals surface area contributed by atoms with E-state index in [1.165, 1.54) is 30.5 Å². The molecular formula is C19H15F3N4O. The fraction of sp³-hybridized carbons (Fsp3) is 0.105. The minimum Gasteiger partial charge on any atom is -0.350 e. The standard InChI is InChI=1S/C19H15F3N4O/c20-19(21,22)14-8-4-5-9-15(14)25-17(27)16-10-11-23-18(26-16)24-12-13-6-2-1-3-7-13/h1-11H,12H2,(H,25,27)(H,23,24,26). The second-order valence-electron chi connectivity index (χ2n) is 5.60. The number of anilines is 2. The fourth-order valence-corrected chi connectivity index (χ4v) is 2.37. The van der Waals surface area contributed by atoms with Crippen LogP contribution in [0.4, 0.5) is 24.8 Å². The molecule has 0 aliphatic heterocycles. The van der Waals surface area contributed by atoms with Crippen LogP contribution in [0.2, 0.25) is 0 Å². The summed E-state index contributed by atoms with van der Waals surface area (Å²) in [4.78, 5) is 20.4. The number of aromatic nitrogens is 2. The molecule has 0 aliphatic rings. The number of para-hydroxylation sites is 1. The minimum atomic E-state index is -4.57. The lowest BCUT2D eigenvalue weighted by molar-refractivity contribution is -0.136. The van der Waals surface area contributed by atoms with Crippen LogP contribution in [-0.2, 0) is 12.7 Å². The second kappa shape index (κ2) is 7.86. The van der Waals surface area contributed by atoms with Crippen molar-refractivity contribution >= 4 is 17.5 Å². The van der Waals surface area contributed by atoms with Gasteiger partial charge in [-0.25, -0.2) is 9.97 Å². The molecule has 1 amide bonds. The summed E-state index contributed by atoms with van der Waals surface area (Å²) in [6.07, 6.45) is -3.21. The third-order valence-corrected chi connectivity index (χ3v) is 3.66. The Hall–Kier alpha value is -3.42. The predicted molar refractivity (Wildman–Crippen MR) is 95.2 cm³/mol. The molecule has 3 rings (SSSR count). The molecule has 3 aromatic rings. The Morgan fingerprint density at radius 2 is 1.67 bits per heavy atom. The van der Waals surface area contributed by atoms with Gasteiger partial charge in [0.2, 0.25) is 5.95 Å². The van der Waals surface area contributed by atoms with Crippen molar-refractivity contribution < 1.29 is 18.0 Å². The van der Waals surface area contributed by atoms with Crippen LogP contribution in [0.3, 0.4) is 0 Å². The van der Waals surface area contributed by atoms with Crippen LogP contribution in [-0.4, -0.2) is 15.9 Å². The summed E-state index contributed by atoms with van der Waals surface area (Å²) in [5.74, 6) is -0.549. The van der Waals surface area contributed by atoms with Crippen molar-refractivity contribution in [3.63, 3.8) is 0 Å². The first kappa shape index (κ1) is 18.4. The SMILES string of the molecule is O=C(Nc1ccccc1C(F)(F)F)c1ccnc(NCc2ccccc2)n1. The second-order valence-corrected chi connectivity index (χ2v) is 5.60. The minimum absolute atomic E-state index is 0.0439. The Morgan fingerprint density at radius 1 is 0.963 bits per heavy atom. The summed E-state index contributed by atoms with van der Waals surface area (Å²) in [5, 5.41) is 5.23. The molecule has 0 atom stereocenters. The normalized spacial score (nSPS) is 11.1. The number of hydrogen-bond donors (Lipinski definition) is 2. The van der Waals surface area contributed by atoms with Gasteiger partial charge in [0.25, 0.3) is 5.91 Å². The van der Waals surface area contributed by atoms with Crippen molar-refractivity contribution in [3.05, 3.63) is 83.7 Å². The molecule has 0 unspecified atom stereocenters. The maximum absolute atomic E-state index is 13.0. The molecule has 1 aromatic heterocycles. The van der Waals surface area contributed by atoms with E-state index >= 15 is 0 Å². The summed E-state index contributed by atoms with van der Waals surface area (Å²) < 4.78 is 39.1. The lowest BCUT2D eigenvalue weighted by Gasteiger charge is -2.13. The number of carbonyl (C=O) groups is 1. The van der Waals surface area contributed by atoms with Crippen LogP contribution >= 0.6 is 0 Å². The van der Waals surface area contributed by atoms with Gasteiger partial charge in [0.1, 0.15) is 5.69 Å². The number of amides is 1. The van der Waals surface area contributed by atoms with Gasteiger partial charge in [-0.2, -0.15) is 13.2 Å². The molecule has 2 aromatic carbocycles. The highest BCUT2D eigenvalue weighted by Crippen LogP contribution is 2.34. The monoisotopic (exact) mass is 372 g/mol. The Morgan fingerprint density at radius 3 is 2.41 bits per heavy atom. The van der Waals surface area contributed by atoms with Crippen LogP contribution in [0, 0.1) is 0 Å². The molecule has 0 bridgehead atoms. The Bertz CT molecular complexity index is 929. The van der Waals surface area contributed by atoms with Gasteiger partial charge in [-0.05, 0) is 23.8 Å². The molecule has 0 saturated heterocycles. The molecule has 5 nitrogen and oxygen atoms in total. The lowest BCUT2D eigenvalue weighted by Crippen LogP contribution is -2.18. The van der Waals surface area contributed by atoms with Gasteiger partial charge in [-0.1, -0.05) is 42.5 Å². The third-order valence-electron chi connectivity index (χ3n) is 3.66. The van der Waals surface area contributed by atoms with Crippen LogP contribution in [0.1, 0.15) is 21.6 Å². The van der Waals surface area contributed by atoms with E-state index in [1.54, 1.807) is 0 Å². The summed E-state index contributed by atoms with van der Waals surface area (Å²) in [7, 11) is 0. The molecule has 0 spiro atoms. The predicted octanol–water partition coefficient (Wildman–Crippen LogP) is 4.36. The zero-order valence-corrected chi connectivity index (χ0v) is 14.0. The van der Waals surface area contributed by atoms with Gasteiger partial charge >= 0.3 is 6.18 Å². The number of nitrogens with zero attached hydrogens (tertiary/aromatic N) is 2. The van der Waals surface area contributed by atoms with Crippen molar-refractivity contribution in [1.29, 1.82) is 0 Å². The van der Waals surface area contributed by atoms with Crippen LogP contribution < -0.4 is 10.6 Å². The largest absolute Gasteiger partial charge is 0.418 e. The average Bonchev–Trinajstić information content (AvgIpc) is 2.67. The number of alkyl halides is 3. The van der Waals surface area contributed by atoms with Crippen LogP contribution in [0.5, 0.6) is 0 Å². The molecular weight excluding hydrogens is 357 g/mol. The number of rotatable bonds is 5. The maximum atomic E-state index is 13.0. The Kier molecular flexibility index (Phi) is 5.35. The van der Waals surface area contributed by atoms with Gasteiger partial charge in [-0.3, -0.25) is 4.79 Å². The molecule has 0 aliphatic carbocycles. The zero-order valence-electron chi connectivity index (χ0n) is 14.0. The molecule has 8 heteroatoms. The first-order valence-electron chi connectivity index (χ1n) is 8.02. The number of nitrogens with one attached hydrogen (secondary N) is 2. The van der Waals surface area contributed by atoms with Crippen molar-refractivity contribution in [3.8, 4) is 0 Å². The van der Waals surface area contributed by atoms with E-state index in [4.69, 9.17) is 0 Å². The smallest absolute Gasteiger partial charge is 0.350 e. The summed E-state index contributed by atoms with van der Waals surface area (Å²) >= 11 is 0. The van der Waals surface area contributed by atoms with E-state index in [0.29, 0.717) is 6.54 Å². The van der Waals surface area contributed by atoms with Gasteiger partial charge in [0.05, 0.1) is 11.3 Å². The molecule has 138 valence electrons. The van der Waals surface area contributed by atoms with Crippen molar-refractivity contribution in [2.24, 2.45) is 0 Å². The number of benzene rings is 2. The van der Waals surface area contributed by atoms with Gasteiger partial charge in [-0.15, -0.1) is 0 Å². The molecule has 0 radical (unpaired) electrons. The van der Waals surface area contributed by atoms with Gasteiger partial charge in [0.15, 0.2) is 0 Å². The van der Waals surface area contributed by atoms with Crippen molar-refractivity contribution in [2.75, 3.05) is 10.6 Å². The molecule has 1 heterocycles. The molecule has 0 saturated carbocycles. The highest BCUT2D eigenvalue weighted by Gasteiger charge is 2.33. The number of hydrogen-bond acceptors (Lipinski definition) is 4. The highest BCUT2D eigenvalue weighted by molar-refractivity contribution is 6.03. The number of carbonyl (C=O) groups excluding carboxylic acids is 1. The first-order chi connectivity index (χ1) is 12.9. The molecule has 2 N–H and O–H groups in total. The van der Waals surface area contributed by atoms with Crippen LogP contribution in [0.25, 0.3) is 0 Å². The third kappa shape index (κ3) is 4.81. The summed E-state index contributed by atoms with van der Waals surface area (Å²) in [6, 6.07) is 15.6. The fourth-order valence-electron chi connectivity index (χ4n) is 2.37. The first-order valence-corrected chi connectivity index (χ1v) is 8.02. The quantitative estimate of drug-likeness (QED) is 0.698. The van der Waals surface area contributed by atoms with Crippen molar-refractivity contribution in [1.82, 2.24) is 9.97 Å².